The first-order valence-electron chi connectivity index (χ1n) is 6.51. The number of pyridine rings is 1. The molecule has 112 valence electrons. The maximum absolute atomic E-state index is 12.3. The molecule has 2 aromatic rings. The number of imide groups is 1. The fourth-order valence-corrected chi connectivity index (χ4v) is 1.71. The Morgan fingerprint density at radius 2 is 1.77 bits per heavy atom. The van der Waals surface area contributed by atoms with Crippen LogP contribution in [0.1, 0.15) is 0 Å². The summed E-state index contributed by atoms with van der Waals surface area (Å²) in [6.45, 7) is -0.182. The van der Waals surface area contributed by atoms with Gasteiger partial charge in [0.25, 0.3) is 0 Å². The van der Waals surface area contributed by atoms with Gasteiger partial charge in [-0.15, -0.1) is 0 Å². The molecule has 0 saturated carbocycles. The third kappa shape index (κ3) is 3.89. The number of nitrogens with zero attached hydrogens (tertiary/aromatic N) is 2. The minimum atomic E-state index is -0.702. The molecule has 0 spiro atoms. The first-order chi connectivity index (χ1) is 10.7. The fourth-order valence-electron chi connectivity index (χ4n) is 1.71. The van der Waals surface area contributed by atoms with Crippen molar-refractivity contribution >= 4 is 29.9 Å². The number of urea groups is 2. The molecule has 1 heterocycles. The molecule has 7 nitrogen and oxygen atoms in total. The lowest BCUT2D eigenvalue weighted by atomic mass is 10.3. The summed E-state index contributed by atoms with van der Waals surface area (Å²) in [5.41, 5.74) is 0.374. The third-order valence-electron chi connectivity index (χ3n) is 2.66. The van der Waals surface area contributed by atoms with Gasteiger partial charge in [0.2, 0.25) is 0 Å². The van der Waals surface area contributed by atoms with E-state index in [-0.39, 0.29) is 6.54 Å². The topological polar surface area (TPSA) is 91.4 Å². The van der Waals surface area contributed by atoms with Crippen LogP contribution in [0.25, 0.3) is 0 Å². The normalized spacial score (nSPS) is 9.64. The molecule has 0 aliphatic heterocycles. The molecule has 2 rings (SSSR count). The highest BCUT2D eigenvalue weighted by molar-refractivity contribution is 6.17. The molecule has 1 aromatic heterocycles. The van der Waals surface area contributed by atoms with Gasteiger partial charge in [-0.3, -0.25) is 5.32 Å². The van der Waals surface area contributed by atoms with E-state index in [2.05, 4.69) is 15.6 Å². The van der Waals surface area contributed by atoms with Crippen molar-refractivity contribution in [1.29, 1.82) is 0 Å². The van der Waals surface area contributed by atoms with Crippen LogP contribution in [0, 0.1) is 0 Å². The second-order valence-corrected chi connectivity index (χ2v) is 4.17. The van der Waals surface area contributed by atoms with Crippen LogP contribution in [0.3, 0.4) is 0 Å². The van der Waals surface area contributed by atoms with Crippen molar-refractivity contribution in [3.63, 3.8) is 0 Å². The van der Waals surface area contributed by atoms with Gasteiger partial charge in [0.1, 0.15) is 12.1 Å². The van der Waals surface area contributed by atoms with E-state index >= 15 is 0 Å². The molecular formula is C15H14N4O3. The third-order valence-corrected chi connectivity index (χ3v) is 2.66. The van der Waals surface area contributed by atoms with Crippen LogP contribution < -0.4 is 15.5 Å². The van der Waals surface area contributed by atoms with Crippen LogP contribution in [0.2, 0.25) is 0 Å². The van der Waals surface area contributed by atoms with Crippen LogP contribution in [-0.4, -0.2) is 29.9 Å². The van der Waals surface area contributed by atoms with Crippen molar-refractivity contribution in [3.05, 3.63) is 54.7 Å². The van der Waals surface area contributed by atoms with Crippen LogP contribution in [0.5, 0.6) is 0 Å². The summed E-state index contributed by atoms with van der Waals surface area (Å²) in [5.74, 6) is 0.316. The van der Waals surface area contributed by atoms with Gasteiger partial charge in [0.05, 0.1) is 12.2 Å². The van der Waals surface area contributed by atoms with E-state index in [0.717, 1.165) is 4.90 Å². The van der Waals surface area contributed by atoms with Crippen molar-refractivity contribution in [1.82, 2.24) is 10.3 Å². The highest BCUT2D eigenvalue weighted by atomic mass is 16.2. The minimum absolute atomic E-state index is 0.182. The summed E-state index contributed by atoms with van der Waals surface area (Å²) in [6, 6.07) is 12.0. The quantitative estimate of drug-likeness (QED) is 0.845. The molecule has 0 aliphatic rings. The maximum Gasteiger partial charge on any atom is 0.335 e. The summed E-state index contributed by atoms with van der Waals surface area (Å²) < 4.78 is 0. The molecule has 22 heavy (non-hydrogen) atoms. The Hall–Kier alpha value is -3.22. The average molecular weight is 298 g/mol. The van der Waals surface area contributed by atoms with Crippen LogP contribution in [-0.2, 0) is 4.79 Å². The summed E-state index contributed by atoms with van der Waals surface area (Å²) in [4.78, 5) is 39.7. The number of benzene rings is 1. The molecule has 0 saturated heterocycles. The van der Waals surface area contributed by atoms with Gasteiger partial charge in [-0.05, 0) is 24.3 Å². The minimum Gasteiger partial charge on any atom is -0.330 e. The Morgan fingerprint density at radius 3 is 2.41 bits per heavy atom. The van der Waals surface area contributed by atoms with E-state index in [0.29, 0.717) is 17.8 Å². The molecule has 0 unspecified atom stereocenters. The molecular weight excluding hydrogens is 284 g/mol. The number of amides is 4. The Morgan fingerprint density at radius 1 is 1.05 bits per heavy atom. The largest absolute Gasteiger partial charge is 0.335 e. The lowest BCUT2D eigenvalue weighted by molar-refractivity contribution is -0.107. The Labute approximate surface area is 127 Å². The van der Waals surface area contributed by atoms with Crippen molar-refractivity contribution in [2.24, 2.45) is 0 Å². The predicted octanol–water partition coefficient (Wildman–Crippen LogP) is 2.03. The number of aldehydes is 1. The number of hydrogen-bond donors (Lipinski definition) is 2. The molecule has 0 fully saturated rings. The summed E-state index contributed by atoms with van der Waals surface area (Å²) in [6.07, 6.45) is 2.06. The van der Waals surface area contributed by atoms with Crippen LogP contribution in [0.4, 0.5) is 21.1 Å². The zero-order valence-electron chi connectivity index (χ0n) is 11.6. The number of para-hydroxylation sites is 1. The maximum atomic E-state index is 12.3. The number of aromatic nitrogens is 1. The van der Waals surface area contributed by atoms with E-state index < -0.39 is 12.1 Å². The lowest BCUT2D eigenvalue weighted by Crippen LogP contribution is -2.46. The highest BCUT2D eigenvalue weighted by Gasteiger charge is 2.23. The van der Waals surface area contributed by atoms with E-state index in [9.17, 15) is 14.4 Å². The number of carbonyl (C=O) groups excluding carboxylic acids is 3. The zero-order valence-corrected chi connectivity index (χ0v) is 11.6. The van der Waals surface area contributed by atoms with Gasteiger partial charge >= 0.3 is 12.1 Å². The first-order valence-corrected chi connectivity index (χ1v) is 6.51. The first kappa shape index (κ1) is 15.2. The Bertz CT molecular complexity index is 646. The zero-order chi connectivity index (χ0) is 15.8. The summed E-state index contributed by atoms with van der Waals surface area (Å²) in [5, 5.41) is 4.86. The fraction of sp³-hybridized carbons (Fsp3) is 0.0667. The predicted molar refractivity (Wildman–Crippen MR) is 81.6 cm³/mol. The number of carbonyl (C=O) groups is 3. The van der Waals surface area contributed by atoms with Gasteiger partial charge in [0, 0.05) is 6.20 Å². The smallest absolute Gasteiger partial charge is 0.330 e. The van der Waals surface area contributed by atoms with Crippen molar-refractivity contribution < 1.29 is 14.4 Å². The van der Waals surface area contributed by atoms with Gasteiger partial charge in [-0.1, -0.05) is 24.3 Å². The van der Waals surface area contributed by atoms with Gasteiger partial charge in [-0.25, -0.2) is 19.5 Å². The molecule has 0 bridgehead atoms. The average Bonchev–Trinajstić information content (AvgIpc) is 2.55. The van der Waals surface area contributed by atoms with E-state index in [1.165, 1.54) is 6.20 Å². The SMILES string of the molecule is O=CCNC(=O)N(C(=O)Nc1ccccn1)c1ccccc1. The lowest BCUT2D eigenvalue weighted by Gasteiger charge is -2.21. The van der Waals surface area contributed by atoms with E-state index in [1.807, 2.05) is 0 Å². The van der Waals surface area contributed by atoms with Crippen LogP contribution >= 0.6 is 0 Å². The standard InChI is InChI=1S/C15H14N4O3/c20-11-10-17-14(21)19(12-6-2-1-3-7-12)15(22)18-13-8-4-5-9-16-13/h1-9,11H,10H2,(H,17,21)(H,16,18,22). The number of anilines is 2. The Kier molecular flexibility index (Phi) is 5.20. The molecule has 0 aliphatic carbocycles. The molecule has 4 amide bonds. The second kappa shape index (κ2) is 7.53. The Balaban J connectivity index is 2.22. The van der Waals surface area contributed by atoms with Crippen molar-refractivity contribution in [2.45, 2.75) is 0 Å². The van der Waals surface area contributed by atoms with Gasteiger partial charge in [-0.2, -0.15) is 0 Å². The van der Waals surface area contributed by atoms with Crippen molar-refractivity contribution in [2.75, 3.05) is 16.8 Å². The summed E-state index contributed by atoms with van der Waals surface area (Å²) >= 11 is 0. The molecule has 0 atom stereocenters. The van der Waals surface area contributed by atoms with Gasteiger partial charge in [0.15, 0.2) is 0 Å². The monoisotopic (exact) mass is 298 g/mol. The van der Waals surface area contributed by atoms with Crippen molar-refractivity contribution in [3.8, 4) is 0 Å². The summed E-state index contributed by atoms with van der Waals surface area (Å²) in [7, 11) is 0. The number of hydrogen-bond acceptors (Lipinski definition) is 4. The number of rotatable bonds is 4. The molecule has 2 N–H and O–H groups in total. The highest BCUT2D eigenvalue weighted by Crippen LogP contribution is 2.15. The van der Waals surface area contributed by atoms with Crippen LogP contribution in [0.15, 0.2) is 54.7 Å². The molecule has 7 heteroatoms. The van der Waals surface area contributed by atoms with E-state index in [1.54, 1.807) is 48.5 Å². The number of nitrogens with one attached hydrogen (secondary N) is 2. The molecule has 1 aromatic carbocycles. The van der Waals surface area contributed by atoms with Gasteiger partial charge < -0.3 is 10.1 Å². The second-order valence-electron chi connectivity index (χ2n) is 4.17. The van der Waals surface area contributed by atoms with E-state index in [4.69, 9.17) is 0 Å². The molecule has 0 radical (unpaired) electrons.